The minimum absolute atomic E-state index is 0.0668. The van der Waals surface area contributed by atoms with Crippen LogP contribution in [-0.4, -0.2) is 18.2 Å². The number of amides is 1. The first-order valence-corrected chi connectivity index (χ1v) is 8.14. The van der Waals surface area contributed by atoms with E-state index in [0.717, 1.165) is 31.2 Å². The zero-order valence-corrected chi connectivity index (χ0v) is 14.3. The molecule has 1 aliphatic rings. The quantitative estimate of drug-likeness (QED) is 0.862. The Hall–Kier alpha value is -1.26. The summed E-state index contributed by atoms with van der Waals surface area (Å²) in [5.41, 5.74) is 7.16. The van der Waals surface area contributed by atoms with Gasteiger partial charge in [0.25, 0.3) is 0 Å². The largest absolute Gasteiger partial charge is 0.444 e. The van der Waals surface area contributed by atoms with Crippen LogP contribution < -0.4 is 11.1 Å². The summed E-state index contributed by atoms with van der Waals surface area (Å²) in [6.07, 6.45) is 3.95. The van der Waals surface area contributed by atoms with E-state index in [-0.39, 0.29) is 5.41 Å². The summed E-state index contributed by atoms with van der Waals surface area (Å²) in [7, 11) is 0. The number of nitrogens with two attached hydrogens (primary N) is 1. The lowest BCUT2D eigenvalue weighted by Crippen LogP contribution is -2.32. The average Bonchev–Trinajstić information content (AvgIpc) is 2.88. The van der Waals surface area contributed by atoms with Gasteiger partial charge in [-0.3, -0.25) is 5.32 Å². The van der Waals surface area contributed by atoms with Crippen LogP contribution in [0.2, 0.25) is 5.02 Å². The van der Waals surface area contributed by atoms with E-state index >= 15 is 0 Å². The molecule has 0 aromatic heterocycles. The van der Waals surface area contributed by atoms with Gasteiger partial charge >= 0.3 is 6.09 Å². The molecule has 1 aromatic carbocycles. The number of carbonyl (C=O) groups is 1. The predicted octanol–water partition coefficient (Wildman–Crippen LogP) is 4.46. The van der Waals surface area contributed by atoms with Gasteiger partial charge in [0, 0.05) is 22.7 Å². The zero-order valence-electron chi connectivity index (χ0n) is 13.5. The number of rotatable bonds is 3. The van der Waals surface area contributed by atoms with Crippen molar-refractivity contribution in [1.82, 2.24) is 0 Å². The lowest BCUT2D eigenvalue weighted by Gasteiger charge is -2.29. The maximum Gasteiger partial charge on any atom is 0.412 e. The van der Waals surface area contributed by atoms with Crippen molar-refractivity contribution < 1.29 is 9.53 Å². The standard InChI is InChI=1S/C17H25ClN2O2/c1-16(2,3)22-15(21)20-12-6-7-14(18)13(10-12)17(11-19)8-4-5-9-17/h6-7,10H,4-5,8-9,11,19H2,1-3H3,(H,20,21). The van der Waals surface area contributed by atoms with Gasteiger partial charge in [0.05, 0.1) is 0 Å². The molecule has 2 rings (SSSR count). The van der Waals surface area contributed by atoms with Crippen molar-refractivity contribution in [3.05, 3.63) is 28.8 Å². The van der Waals surface area contributed by atoms with Crippen LogP contribution >= 0.6 is 11.6 Å². The summed E-state index contributed by atoms with van der Waals surface area (Å²) in [5, 5.41) is 3.48. The van der Waals surface area contributed by atoms with Crippen molar-refractivity contribution in [2.45, 2.75) is 57.5 Å². The molecule has 1 saturated carbocycles. The molecule has 0 spiro atoms. The van der Waals surface area contributed by atoms with E-state index in [9.17, 15) is 4.79 Å². The molecule has 0 radical (unpaired) electrons. The molecule has 0 aliphatic heterocycles. The fourth-order valence-electron chi connectivity index (χ4n) is 3.07. The number of anilines is 1. The summed E-state index contributed by atoms with van der Waals surface area (Å²) < 4.78 is 5.28. The Morgan fingerprint density at radius 1 is 1.36 bits per heavy atom. The molecule has 0 saturated heterocycles. The van der Waals surface area contributed by atoms with Crippen LogP contribution in [-0.2, 0) is 10.2 Å². The van der Waals surface area contributed by atoms with Gasteiger partial charge in [0.15, 0.2) is 0 Å². The molecule has 22 heavy (non-hydrogen) atoms. The summed E-state index contributed by atoms with van der Waals surface area (Å²) >= 11 is 6.39. The number of halogens is 1. The number of nitrogens with one attached hydrogen (secondary N) is 1. The van der Waals surface area contributed by atoms with Crippen LogP contribution in [0.4, 0.5) is 10.5 Å². The molecule has 1 amide bonds. The van der Waals surface area contributed by atoms with Crippen molar-refractivity contribution in [2.75, 3.05) is 11.9 Å². The first-order chi connectivity index (χ1) is 10.3. The normalized spacial score (nSPS) is 17.3. The lowest BCUT2D eigenvalue weighted by atomic mass is 9.79. The summed E-state index contributed by atoms with van der Waals surface area (Å²) in [4.78, 5) is 11.9. The van der Waals surface area contributed by atoms with Gasteiger partial charge in [-0.15, -0.1) is 0 Å². The maximum absolute atomic E-state index is 11.9. The van der Waals surface area contributed by atoms with Crippen molar-refractivity contribution >= 4 is 23.4 Å². The fraction of sp³-hybridized carbons (Fsp3) is 0.588. The minimum atomic E-state index is -0.525. The number of hydrogen-bond donors (Lipinski definition) is 2. The van der Waals surface area contributed by atoms with Crippen molar-refractivity contribution in [3.8, 4) is 0 Å². The first-order valence-electron chi connectivity index (χ1n) is 7.76. The van der Waals surface area contributed by atoms with Crippen LogP contribution in [0.25, 0.3) is 0 Å². The molecule has 3 N–H and O–H groups in total. The Morgan fingerprint density at radius 2 is 2.00 bits per heavy atom. The van der Waals surface area contributed by atoms with Gasteiger partial charge in [0.2, 0.25) is 0 Å². The van der Waals surface area contributed by atoms with Gasteiger partial charge < -0.3 is 10.5 Å². The minimum Gasteiger partial charge on any atom is -0.444 e. The first kappa shape index (κ1) is 17.1. The monoisotopic (exact) mass is 324 g/mol. The summed E-state index contributed by atoms with van der Waals surface area (Å²) in [6, 6.07) is 5.54. The average molecular weight is 325 g/mol. The molecule has 122 valence electrons. The highest BCUT2D eigenvalue weighted by atomic mass is 35.5. The van der Waals surface area contributed by atoms with Crippen LogP contribution in [0.3, 0.4) is 0 Å². The topological polar surface area (TPSA) is 64.3 Å². The Bertz CT molecular complexity index is 546. The number of hydrogen-bond acceptors (Lipinski definition) is 3. The molecule has 4 nitrogen and oxygen atoms in total. The van der Waals surface area contributed by atoms with E-state index in [2.05, 4.69) is 5.32 Å². The van der Waals surface area contributed by atoms with Gasteiger partial charge in [-0.05, 0) is 57.4 Å². The van der Waals surface area contributed by atoms with Gasteiger partial charge in [0.1, 0.15) is 5.60 Å². The van der Waals surface area contributed by atoms with Gasteiger partial charge in [-0.2, -0.15) is 0 Å². The second kappa shape index (κ2) is 6.47. The van der Waals surface area contributed by atoms with E-state index in [0.29, 0.717) is 17.3 Å². The van der Waals surface area contributed by atoms with Crippen LogP contribution in [0.15, 0.2) is 18.2 Å². The Labute approximate surface area is 137 Å². The Kier molecular flexibility index (Phi) is 5.03. The van der Waals surface area contributed by atoms with E-state index in [4.69, 9.17) is 22.1 Å². The second-order valence-electron chi connectivity index (χ2n) is 7.01. The molecule has 0 atom stereocenters. The predicted molar refractivity (Wildman–Crippen MR) is 90.5 cm³/mol. The van der Waals surface area contributed by atoms with Crippen molar-refractivity contribution in [3.63, 3.8) is 0 Å². The van der Waals surface area contributed by atoms with Crippen molar-refractivity contribution in [2.24, 2.45) is 5.73 Å². The highest BCUT2D eigenvalue weighted by Gasteiger charge is 2.36. The van der Waals surface area contributed by atoms with Gasteiger partial charge in [-0.1, -0.05) is 24.4 Å². The Morgan fingerprint density at radius 3 is 2.55 bits per heavy atom. The highest BCUT2D eigenvalue weighted by Crippen LogP contribution is 2.43. The second-order valence-corrected chi connectivity index (χ2v) is 7.42. The molecule has 5 heteroatoms. The lowest BCUT2D eigenvalue weighted by molar-refractivity contribution is 0.0636. The highest BCUT2D eigenvalue weighted by molar-refractivity contribution is 6.31. The maximum atomic E-state index is 11.9. The molecule has 0 bridgehead atoms. The van der Waals surface area contributed by atoms with Gasteiger partial charge in [-0.25, -0.2) is 4.79 Å². The van der Waals surface area contributed by atoms with Crippen LogP contribution in [0, 0.1) is 0 Å². The third kappa shape index (κ3) is 3.93. The summed E-state index contributed by atoms with van der Waals surface area (Å²) in [6.45, 7) is 6.08. The van der Waals surface area contributed by atoms with Crippen LogP contribution in [0.1, 0.15) is 52.0 Å². The zero-order chi connectivity index (χ0) is 16.4. The number of benzene rings is 1. The number of carbonyl (C=O) groups excluding carboxylic acids is 1. The molecule has 0 unspecified atom stereocenters. The van der Waals surface area contributed by atoms with Crippen LogP contribution in [0.5, 0.6) is 0 Å². The molecule has 1 fully saturated rings. The molecular formula is C17H25ClN2O2. The van der Waals surface area contributed by atoms with E-state index < -0.39 is 11.7 Å². The smallest absolute Gasteiger partial charge is 0.412 e. The molecule has 1 aromatic rings. The third-order valence-corrected chi connectivity index (χ3v) is 4.46. The Balaban J connectivity index is 2.22. The number of ether oxygens (including phenoxy) is 1. The van der Waals surface area contributed by atoms with E-state index in [1.807, 2.05) is 32.9 Å². The molecule has 0 heterocycles. The SMILES string of the molecule is CC(C)(C)OC(=O)Nc1ccc(Cl)c(C2(CN)CCCC2)c1. The van der Waals surface area contributed by atoms with Crippen molar-refractivity contribution in [1.29, 1.82) is 0 Å². The third-order valence-electron chi connectivity index (χ3n) is 4.13. The molecular weight excluding hydrogens is 300 g/mol. The molecule has 1 aliphatic carbocycles. The van der Waals surface area contributed by atoms with E-state index in [1.54, 1.807) is 6.07 Å². The van der Waals surface area contributed by atoms with E-state index in [1.165, 1.54) is 0 Å². The summed E-state index contributed by atoms with van der Waals surface area (Å²) in [5.74, 6) is 0. The fourth-order valence-corrected chi connectivity index (χ4v) is 3.38.